The number of ether oxygens (including phenoxy) is 2. The highest BCUT2D eigenvalue weighted by molar-refractivity contribution is 5.35. The molecule has 3 aromatic rings. The van der Waals surface area contributed by atoms with Crippen LogP contribution >= 0.6 is 0 Å². The first-order valence-electron chi connectivity index (χ1n) is 14.5. The Morgan fingerprint density at radius 1 is 0.641 bits per heavy atom. The number of nitrogens with zero attached hydrogens (tertiary/aromatic N) is 1. The van der Waals surface area contributed by atoms with Crippen LogP contribution < -0.4 is 4.74 Å². The molecule has 0 aromatic heterocycles. The van der Waals surface area contributed by atoms with E-state index in [9.17, 15) is 0 Å². The van der Waals surface area contributed by atoms with E-state index in [1.54, 1.807) is 0 Å². The monoisotopic (exact) mass is 530 g/mol. The van der Waals surface area contributed by atoms with Crippen LogP contribution in [0.3, 0.4) is 0 Å². The first-order chi connectivity index (χ1) is 18.3. The molecule has 0 N–H and O–H groups in total. The van der Waals surface area contributed by atoms with Crippen molar-refractivity contribution in [1.82, 2.24) is 0 Å². The lowest BCUT2D eigenvalue weighted by molar-refractivity contribution is -0.904. The van der Waals surface area contributed by atoms with Crippen LogP contribution in [-0.2, 0) is 23.1 Å². The van der Waals surface area contributed by atoms with Crippen molar-refractivity contribution in [2.75, 3.05) is 40.5 Å². The maximum Gasteiger partial charge on any atom is 0.119 e. The number of hydrogen-bond acceptors (Lipinski definition) is 2. The maximum absolute atomic E-state index is 6.05. The molecular weight excluding hydrogens is 478 g/mol. The Hall–Kier alpha value is -2.62. The third-order valence-corrected chi connectivity index (χ3v) is 8.15. The van der Waals surface area contributed by atoms with E-state index in [-0.39, 0.29) is 16.2 Å². The topological polar surface area (TPSA) is 18.5 Å². The van der Waals surface area contributed by atoms with Gasteiger partial charge in [-0.25, -0.2) is 0 Å². The van der Waals surface area contributed by atoms with Crippen molar-refractivity contribution in [3.05, 3.63) is 102 Å². The molecule has 3 aromatic carbocycles. The molecule has 0 saturated carbocycles. The van der Waals surface area contributed by atoms with Crippen molar-refractivity contribution in [1.29, 1.82) is 0 Å². The number of rotatable bonds is 14. The Balaban J connectivity index is 1.54. The van der Waals surface area contributed by atoms with Crippen LogP contribution in [-0.4, -0.2) is 44.9 Å². The zero-order valence-electron chi connectivity index (χ0n) is 25.8. The van der Waals surface area contributed by atoms with Gasteiger partial charge in [-0.05, 0) is 52.3 Å². The lowest BCUT2D eigenvalue weighted by atomic mass is 9.56. The van der Waals surface area contributed by atoms with Crippen molar-refractivity contribution in [2.45, 2.75) is 66.3 Å². The van der Waals surface area contributed by atoms with E-state index in [0.717, 1.165) is 42.8 Å². The average molecular weight is 531 g/mol. The highest BCUT2D eigenvalue weighted by Crippen LogP contribution is 2.50. The van der Waals surface area contributed by atoms with E-state index in [4.69, 9.17) is 9.47 Å². The summed E-state index contributed by atoms with van der Waals surface area (Å²) in [7, 11) is 4.51. The van der Waals surface area contributed by atoms with E-state index in [1.165, 1.54) is 16.7 Å². The number of likely N-dealkylation sites (N-methyl/N-ethyl adjacent to an activating group) is 1. The van der Waals surface area contributed by atoms with Crippen LogP contribution in [0.1, 0.15) is 64.7 Å². The van der Waals surface area contributed by atoms with Gasteiger partial charge in [-0.2, -0.15) is 0 Å². The molecule has 0 aliphatic carbocycles. The van der Waals surface area contributed by atoms with Crippen LogP contribution in [0.2, 0.25) is 0 Å². The molecule has 0 amide bonds. The molecule has 0 heterocycles. The van der Waals surface area contributed by atoms with Crippen LogP contribution in [0.25, 0.3) is 0 Å². The fourth-order valence-corrected chi connectivity index (χ4v) is 5.80. The molecule has 3 nitrogen and oxygen atoms in total. The fraction of sp³-hybridized carbons (Fsp3) is 0.500. The first kappa shape index (κ1) is 30.9. The molecule has 0 bridgehead atoms. The predicted molar refractivity (Wildman–Crippen MR) is 165 cm³/mol. The van der Waals surface area contributed by atoms with E-state index < -0.39 is 0 Å². The van der Waals surface area contributed by atoms with Crippen molar-refractivity contribution in [3.8, 4) is 5.75 Å². The van der Waals surface area contributed by atoms with Crippen molar-refractivity contribution in [3.63, 3.8) is 0 Å². The summed E-state index contributed by atoms with van der Waals surface area (Å²) >= 11 is 0. The molecule has 0 spiro atoms. The van der Waals surface area contributed by atoms with Gasteiger partial charge in [0.15, 0.2) is 0 Å². The van der Waals surface area contributed by atoms with E-state index in [0.29, 0.717) is 13.2 Å². The van der Waals surface area contributed by atoms with Gasteiger partial charge in [0.1, 0.15) is 25.4 Å². The van der Waals surface area contributed by atoms with Crippen LogP contribution in [0.15, 0.2) is 84.9 Å². The Bertz CT molecular complexity index is 1110. The summed E-state index contributed by atoms with van der Waals surface area (Å²) in [6.07, 6.45) is 2.14. The SMILES string of the molecule is CC(C)(C)CC(C)(c1ccc(OCCOCC[N+](C)(C)Cc2ccccc2)cc1)C(C)(C)Cc1ccccc1. The summed E-state index contributed by atoms with van der Waals surface area (Å²) in [5, 5.41) is 0. The molecule has 0 aliphatic heterocycles. The van der Waals surface area contributed by atoms with Gasteiger partial charge in [0.05, 0.1) is 27.3 Å². The second-order valence-electron chi connectivity index (χ2n) is 13.9. The molecule has 39 heavy (non-hydrogen) atoms. The smallest absolute Gasteiger partial charge is 0.119 e. The van der Waals surface area contributed by atoms with E-state index >= 15 is 0 Å². The Morgan fingerprint density at radius 2 is 1.21 bits per heavy atom. The largest absolute Gasteiger partial charge is 0.491 e. The summed E-state index contributed by atoms with van der Waals surface area (Å²) < 4.78 is 12.9. The molecule has 0 aliphatic rings. The highest BCUT2D eigenvalue weighted by atomic mass is 16.5. The van der Waals surface area contributed by atoms with Gasteiger partial charge < -0.3 is 14.0 Å². The zero-order valence-corrected chi connectivity index (χ0v) is 25.8. The van der Waals surface area contributed by atoms with Gasteiger partial charge in [0.25, 0.3) is 0 Å². The lowest BCUT2D eigenvalue weighted by Crippen LogP contribution is -2.43. The molecule has 0 saturated heterocycles. The molecule has 0 fully saturated rings. The second kappa shape index (κ2) is 13.2. The lowest BCUT2D eigenvalue weighted by Gasteiger charge is -2.48. The average Bonchev–Trinajstić information content (AvgIpc) is 2.86. The van der Waals surface area contributed by atoms with Gasteiger partial charge in [-0.3, -0.25) is 0 Å². The molecule has 0 radical (unpaired) electrons. The van der Waals surface area contributed by atoms with Crippen LogP contribution in [0.4, 0.5) is 0 Å². The zero-order chi connectivity index (χ0) is 28.6. The minimum absolute atomic E-state index is 0.00748. The van der Waals surface area contributed by atoms with Gasteiger partial charge in [-0.15, -0.1) is 0 Å². The van der Waals surface area contributed by atoms with Crippen molar-refractivity contribution >= 4 is 0 Å². The summed E-state index contributed by atoms with van der Waals surface area (Å²) in [4.78, 5) is 0. The summed E-state index contributed by atoms with van der Waals surface area (Å²) in [6.45, 7) is 18.2. The normalized spacial score (nSPS) is 14.2. The highest BCUT2D eigenvalue weighted by Gasteiger charge is 2.44. The molecule has 3 heteroatoms. The van der Waals surface area contributed by atoms with Crippen molar-refractivity contribution in [2.24, 2.45) is 10.8 Å². The summed E-state index contributed by atoms with van der Waals surface area (Å²) in [5.74, 6) is 0.904. The maximum atomic E-state index is 6.05. The minimum atomic E-state index is 0.00748. The third-order valence-electron chi connectivity index (χ3n) is 8.15. The number of quaternary nitrogens is 1. The van der Waals surface area contributed by atoms with Crippen molar-refractivity contribution < 1.29 is 14.0 Å². The minimum Gasteiger partial charge on any atom is -0.491 e. The molecule has 1 atom stereocenters. The van der Waals surface area contributed by atoms with E-state index in [2.05, 4.69) is 141 Å². The fourth-order valence-electron chi connectivity index (χ4n) is 5.80. The standard InChI is InChI=1S/C36H52NO2/c1-34(2,3)29-36(6,35(4,5)27-30-15-11-9-12-16-30)32-19-21-33(22-20-32)39-26-25-38-24-23-37(7,8)28-31-17-13-10-14-18-31/h9-22H,23-29H2,1-8H3/q+1. The third kappa shape index (κ3) is 9.51. The van der Waals surface area contributed by atoms with Crippen LogP contribution in [0, 0.1) is 10.8 Å². The van der Waals surface area contributed by atoms with Crippen LogP contribution in [0.5, 0.6) is 5.75 Å². The Kier molecular flexibility index (Phi) is 10.4. The van der Waals surface area contributed by atoms with Gasteiger partial charge in [0, 0.05) is 5.56 Å². The summed E-state index contributed by atoms with van der Waals surface area (Å²) in [5.41, 5.74) is 4.42. The Morgan fingerprint density at radius 3 is 1.77 bits per heavy atom. The second-order valence-corrected chi connectivity index (χ2v) is 13.9. The first-order valence-corrected chi connectivity index (χ1v) is 14.5. The number of hydrogen-bond donors (Lipinski definition) is 0. The Labute approximate surface area is 238 Å². The molecular formula is C36H52NO2+. The van der Waals surface area contributed by atoms with Gasteiger partial charge >= 0.3 is 0 Å². The summed E-state index contributed by atoms with van der Waals surface area (Å²) in [6, 6.07) is 30.4. The van der Waals surface area contributed by atoms with Gasteiger partial charge in [-0.1, -0.05) is 114 Å². The molecule has 3 rings (SSSR count). The molecule has 212 valence electrons. The van der Waals surface area contributed by atoms with Gasteiger partial charge in [0.2, 0.25) is 0 Å². The van der Waals surface area contributed by atoms with E-state index in [1.807, 2.05) is 0 Å². The predicted octanol–water partition coefficient (Wildman–Crippen LogP) is 8.32. The number of benzene rings is 3. The quantitative estimate of drug-likeness (QED) is 0.154. The molecule has 1 unspecified atom stereocenters.